The van der Waals surface area contributed by atoms with Crippen LogP contribution < -0.4 is 10.1 Å². The molecule has 2 heterocycles. The van der Waals surface area contributed by atoms with Crippen molar-refractivity contribution in [3.63, 3.8) is 0 Å². The number of hydrogen-bond donors (Lipinski definition) is 1. The highest BCUT2D eigenvalue weighted by molar-refractivity contribution is 7.92. The van der Waals surface area contributed by atoms with Gasteiger partial charge in [-0.25, -0.2) is 13.2 Å². The van der Waals surface area contributed by atoms with Crippen molar-refractivity contribution in [3.8, 4) is 5.75 Å². The number of sulfone groups is 1. The molecule has 0 atom stereocenters. The Hall–Kier alpha value is -2.43. The number of methoxy groups -OCH3 is 1. The average molecular weight is 481 g/mol. The topological polar surface area (TPSA) is 102 Å². The zero-order valence-electron chi connectivity index (χ0n) is 18.5. The first-order valence-electron chi connectivity index (χ1n) is 10.5. The molecule has 1 N–H and O–H groups in total. The first kappa shape index (κ1) is 24.2. The van der Waals surface area contributed by atoms with Crippen molar-refractivity contribution in [1.29, 1.82) is 0 Å². The molecule has 0 unspecified atom stereocenters. The normalized spacial score (nSPS) is 14.0. The van der Waals surface area contributed by atoms with Crippen LogP contribution in [0.1, 0.15) is 41.1 Å². The number of amides is 1. The molecule has 2 aromatic rings. The van der Waals surface area contributed by atoms with Crippen molar-refractivity contribution in [2.75, 3.05) is 37.9 Å². The Kier molecular flexibility index (Phi) is 7.91. The smallest absolute Gasteiger partial charge is 0.341 e. The lowest BCUT2D eigenvalue weighted by Gasteiger charge is -2.26. The summed E-state index contributed by atoms with van der Waals surface area (Å²) in [6.07, 6.45) is 1.71. The molecule has 1 aromatic carbocycles. The van der Waals surface area contributed by atoms with Gasteiger partial charge in [-0.1, -0.05) is 6.92 Å². The molecular formula is C22H28N2O6S2. The summed E-state index contributed by atoms with van der Waals surface area (Å²) in [6, 6.07) is 5.85. The average Bonchev–Trinajstić information content (AvgIpc) is 3.10. The van der Waals surface area contributed by atoms with Gasteiger partial charge in [0.2, 0.25) is 5.91 Å². The summed E-state index contributed by atoms with van der Waals surface area (Å²) in [5, 5.41) is 3.01. The van der Waals surface area contributed by atoms with Crippen LogP contribution >= 0.6 is 11.3 Å². The third kappa shape index (κ3) is 5.48. The van der Waals surface area contributed by atoms with Gasteiger partial charge in [-0.3, -0.25) is 9.69 Å². The Morgan fingerprint density at radius 3 is 2.53 bits per heavy atom. The third-order valence-corrected chi connectivity index (χ3v) is 7.91. The molecule has 0 bridgehead atoms. The quantitative estimate of drug-likeness (QED) is 0.550. The summed E-state index contributed by atoms with van der Waals surface area (Å²) in [5.41, 5.74) is 1.23. The van der Waals surface area contributed by atoms with Crippen LogP contribution in [-0.4, -0.2) is 57.8 Å². The summed E-state index contributed by atoms with van der Waals surface area (Å²) < 4.78 is 35.6. The summed E-state index contributed by atoms with van der Waals surface area (Å²) in [7, 11) is -2.37. The molecule has 32 heavy (non-hydrogen) atoms. The highest BCUT2D eigenvalue weighted by Crippen LogP contribution is 2.37. The first-order valence-corrected chi connectivity index (χ1v) is 13.0. The van der Waals surface area contributed by atoms with E-state index in [1.807, 2.05) is 0 Å². The summed E-state index contributed by atoms with van der Waals surface area (Å²) in [6.45, 7) is 6.52. The predicted molar refractivity (Wildman–Crippen MR) is 123 cm³/mol. The number of rotatable bonds is 9. The predicted octanol–water partition coefficient (Wildman–Crippen LogP) is 3.11. The monoisotopic (exact) mass is 480 g/mol. The Bertz CT molecular complexity index is 1080. The zero-order chi connectivity index (χ0) is 23.3. The fraction of sp³-hybridized carbons (Fsp3) is 0.455. The number of carbonyl (C=O) groups excluding carboxylic acids is 2. The molecule has 1 aliphatic rings. The maximum atomic E-state index is 12.7. The molecular weight excluding hydrogens is 452 g/mol. The van der Waals surface area contributed by atoms with Gasteiger partial charge in [-0.15, -0.1) is 11.3 Å². The van der Waals surface area contributed by atoms with Crippen molar-refractivity contribution in [2.45, 2.75) is 38.1 Å². The number of nitrogens with zero attached hydrogens (tertiary/aromatic N) is 1. The lowest BCUT2D eigenvalue weighted by molar-refractivity contribution is -0.113. The maximum absolute atomic E-state index is 12.7. The third-order valence-electron chi connectivity index (χ3n) is 5.15. The lowest BCUT2D eigenvalue weighted by atomic mass is 10.0. The van der Waals surface area contributed by atoms with Crippen LogP contribution in [0.15, 0.2) is 29.2 Å². The van der Waals surface area contributed by atoms with Crippen molar-refractivity contribution in [2.24, 2.45) is 0 Å². The van der Waals surface area contributed by atoms with Crippen LogP contribution in [0.2, 0.25) is 0 Å². The number of carbonyl (C=O) groups is 2. The van der Waals surface area contributed by atoms with Gasteiger partial charge in [0, 0.05) is 18.0 Å². The van der Waals surface area contributed by atoms with Crippen LogP contribution in [-0.2, 0) is 32.3 Å². The van der Waals surface area contributed by atoms with Gasteiger partial charge in [0.15, 0.2) is 9.84 Å². The second-order valence-electron chi connectivity index (χ2n) is 7.44. The Morgan fingerprint density at radius 2 is 1.91 bits per heavy atom. The zero-order valence-corrected chi connectivity index (χ0v) is 20.1. The van der Waals surface area contributed by atoms with Gasteiger partial charge in [0.25, 0.3) is 0 Å². The van der Waals surface area contributed by atoms with Crippen molar-refractivity contribution in [1.82, 2.24) is 4.90 Å². The molecule has 1 aromatic heterocycles. The molecule has 0 saturated carbocycles. The largest absolute Gasteiger partial charge is 0.497 e. The molecule has 10 heteroatoms. The summed E-state index contributed by atoms with van der Waals surface area (Å²) >= 11 is 1.32. The Morgan fingerprint density at radius 1 is 1.19 bits per heavy atom. The van der Waals surface area contributed by atoms with E-state index >= 15 is 0 Å². The molecule has 8 nitrogen and oxygen atoms in total. The minimum Gasteiger partial charge on any atom is -0.497 e. The van der Waals surface area contributed by atoms with Crippen LogP contribution in [0, 0.1) is 0 Å². The lowest BCUT2D eigenvalue weighted by Crippen LogP contribution is -2.31. The van der Waals surface area contributed by atoms with Crippen LogP contribution in [0.25, 0.3) is 0 Å². The first-order chi connectivity index (χ1) is 15.3. The number of esters is 1. The van der Waals surface area contributed by atoms with Crippen molar-refractivity contribution in [3.05, 3.63) is 40.3 Å². The van der Waals surface area contributed by atoms with Crippen molar-refractivity contribution < 1.29 is 27.5 Å². The molecule has 1 amide bonds. The van der Waals surface area contributed by atoms with E-state index in [1.165, 1.54) is 42.7 Å². The van der Waals surface area contributed by atoms with E-state index in [1.54, 1.807) is 6.92 Å². The van der Waals surface area contributed by atoms with Crippen molar-refractivity contribution >= 4 is 38.1 Å². The van der Waals surface area contributed by atoms with Gasteiger partial charge in [-0.2, -0.15) is 0 Å². The second kappa shape index (κ2) is 10.5. The number of anilines is 1. The fourth-order valence-electron chi connectivity index (χ4n) is 3.67. The van der Waals surface area contributed by atoms with Gasteiger partial charge in [0.05, 0.1) is 24.2 Å². The molecule has 1 aliphatic heterocycles. The van der Waals surface area contributed by atoms with E-state index in [-0.39, 0.29) is 11.5 Å². The van der Waals surface area contributed by atoms with E-state index < -0.39 is 27.5 Å². The number of thiophene rings is 1. The Labute approximate surface area is 192 Å². The molecule has 0 saturated heterocycles. The number of hydrogen-bond acceptors (Lipinski definition) is 8. The van der Waals surface area contributed by atoms with Gasteiger partial charge >= 0.3 is 5.97 Å². The Balaban J connectivity index is 1.82. The van der Waals surface area contributed by atoms with Crippen LogP contribution in [0.4, 0.5) is 5.00 Å². The maximum Gasteiger partial charge on any atom is 0.341 e. The molecule has 0 fully saturated rings. The van der Waals surface area contributed by atoms with Crippen LogP contribution in [0.3, 0.4) is 0 Å². The number of ether oxygens (including phenoxy) is 2. The van der Waals surface area contributed by atoms with Gasteiger partial charge in [-0.05, 0) is 56.1 Å². The molecule has 0 aliphatic carbocycles. The SMILES string of the molecule is CCCN1CCc2c(sc(NC(=O)CS(=O)(=O)c3ccc(OC)cc3)c2C(=O)OCC)C1. The van der Waals surface area contributed by atoms with E-state index in [0.29, 0.717) is 29.3 Å². The number of benzene rings is 1. The van der Waals surface area contributed by atoms with E-state index in [0.717, 1.165) is 30.0 Å². The summed E-state index contributed by atoms with van der Waals surface area (Å²) in [5.74, 6) is -1.40. The molecule has 174 valence electrons. The minimum absolute atomic E-state index is 0.0275. The standard InChI is InChI=1S/C22H28N2O6S2/c1-4-11-24-12-10-17-18(13-24)31-21(20(17)22(26)30-5-2)23-19(25)14-32(27,28)16-8-6-15(29-3)7-9-16/h6-9H,4-5,10-14H2,1-3H3,(H,23,25). The fourth-order valence-corrected chi connectivity index (χ4v) is 6.10. The summed E-state index contributed by atoms with van der Waals surface area (Å²) in [4.78, 5) is 28.6. The highest BCUT2D eigenvalue weighted by atomic mass is 32.2. The minimum atomic E-state index is -3.85. The number of nitrogens with one attached hydrogen (secondary N) is 1. The molecule has 0 radical (unpaired) electrons. The van der Waals surface area contributed by atoms with E-state index in [2.05, 4.69) is 17.1 Å². The van der Waals surface area contributed by atoms with Gasteiger partial charge < -0.3 is 14.8 Å². The highest BCUT2D eigenvalue weighted by Gasteiger charge is 2.30. The van der Waals surface area contributed by atoms with E-state index in [9.17, 15) is 18.0 Å². The molecule has 0 spiro atoms. The van der Waals surface area contributed by atoms with E-state index in [4.69, 9.17) is 9.47 Å². The second-order valence-corrected chi connectivity index (χ2v) is 10.5. The molecule has 3 rings (SSSR count). The number of fused-ring (bicyclic) bond motifs is 1. The van der Waals surface area contributed by atoms with Crippen LogP contribution in [0.5, 0.6) is 5.75 Å². The van der Waals surface area contributed by atoms with Gasteiger partial charge in [0.1, 0.15) is 16.5 Å².